The largest absolute Gasteiger partial charge is 0.508 e. The molecule has 0 aromatic heterocycles. The topological polar surface area (TPSA) is 52.5 Å². The average molecular weight is 249 g/mol. The minimum absolute atomic E-state index is 0.100. The zero-order valence-electron chi connectivity index (χ0n) is 11.0. The predicted molar refractivity (Wildman–Crippen MR) is 72.5 cm³/mol. The molecule has 1 aromatic rings. The molecule has 3 nitrogen and oxygen atoms in total. The maximum Gasteiger partial charge on any atom is 0.115 e. The van der Waals surface area contributed by atoms with E-state index in [2.05, 4.69) is 12.2 Å². The molecule has 1 saturated carbocycles. The van der Waals surface area contributed by atoms with Crippen LogP contribution in [0.5, 0.6) is 5.75 Å². The summed E-state index contributed by atoms with van der Waals surface area (Å²) in [6, 6.07) is 8.29. The Balaban J connectivity index is 1.94. The molecule has 1 aliphatic carbocycles. The van der Waals surface area contributed by atoms with Gasteiger partial charge in [0.05, 0.1) is 6.10 Å². The smallest absolute Gasteiger partial charge is 0.115 e. The molecule has 0 saturated heterocycles. The van der Waals surface area contributed by atoms with Gasteiger partial charge in [-0.25, -0.2) is 0 Å². The van der Waals surface area contributed by atoms with E-state index in [1.807, 2.05) is 12.1 Å². The summed E-state index contributed by atoms with van der Waals surface area (Å²) < 4.78 is 0. The van der Waals surface area contributed by atoms with Crippen LogP contribution in [0, 0.1) is 0 Å². The third kappa shape index (κ3) is 3.47. The first-order chi connectivity index (χ1) is 8.69. The number of hydrogen-bond donors (Lipinski definition) is 3. The van der Waals surface area contributed by atoms with Gasteiger partial charge < -0.3 is 15.5 Å². The van der Waals surface area contributed by atoms with E-state index in [1.165, 1.54) is 5.56 Å². The Labute approximate surface area is 109 Å². The Morgan fingerprint density at radius 1 is 1.17 bits per heavy atom. The van der Waals surface area contributed by atoms with Gasteiger partial charge in [-0.2, -0.15) is 0 Å². The SMILES string of the molecule is CCC(NC1CCC(O)CC1)c1ccc(O)cc1. The zero-order chi connectivity index (χ0) is 13.0. The Morgan fingerprint density at radius 3 is 2.33 bits per heavy atom. The molecular formula is C15H23NO2. The van der Waals surface area contributed by atoms with Gasteiger partial charge in [0.1, 0.15) is 5.75 Å². The molecule has 2 rings (SSSR count). The Morgan fingerprint density at radius 2 is 1.78 bits per heavy atom. The van der Waals surface area contributed by atoms with Gasteiger partial charge in [0.15, 0.2) is 0 Å². The van der Waals surface area contributed by atoms with E-state index in [1.54, 1.807) is 12.1 Å². The highest BCUT2D eigenvalue weighted by molar-refractivity contribution is 5.28. The van der Waals surface area contributed by atoms with Gasteiger partial charge in [-0.3, -0.25) is 0 Å². The van der Waals surface area contributed by atoms with Crippen LogP contribution >= 0.6 is 0 Å². The molecule has 1 aliphatic rings. The van der Waals surface area contributed by atoms with Gasteiger partial charge in [0.2, 0.25) is 0 Å². The zero-order valence-corrected chi connectivity index (χ0v) is 11.0. The number of phenols is 1. The second-order valence-corrected chi connectivity index (χ2v) is 5.22. The first kappa shape index (κ1) is 13.4. The number of phenolic OH excluding ortho intramolecular Hbond substituents is 1. The fraction of sp³-hybridized carbons (Fsp3) is 0.600. The van der Waals surface area contributed by atoms with E-state index in [-0.39, 0.29) is 6.10 Å². The van der Waals surface area contributed by atoms with Gasteiger partial charge in [0.25, 0.3) is 0 Å². The van der Waals surface area contributed by atoms with E-state index in [9.17, 15) is 10.2 Å². The lowest BCUT2D eigenvalue weighted by atomic mass is 9.91. The van der Waals surface area contributed by atoms with Gasteiger partial charge in [-0.1, -0.05) is 19.1 Å². The molecule has 1 unspecified atom stereocenters. The average Bonchev–Trinajstić information content (AvgIpc) is 2.39. The lowest BCUT2D eigenvalue weighted by Gasteiger charge is -2.30. The quantitative estimate of drug-likeness (QED) is 0.769. The van der Waals surface area contributed by atoms with Gasteiger partial charge in [-0.05, 0) is 49.8 Å². The van der Waals surface area contributed by atoms with E-state index < -0.39 is 0 Å². The maximum absolute atomic E-state index is 9.51. The first-order valence-electron chi connectivity index (χ1n) is 6.92. The molecule has 3 N–H and O–H groups in total. The van der Waals surface area contributed by atoms with Crippen molar-refractivity contribution in [1.29, 1.82) is 0 Å². The van der Waals surface area contributed by atoms with Crippen molar-refractivity contribution < 1.29 is 10.2 Å². The van der Waals surface area contributed by atoms with Crippen LogP contribution in [0.1, 0.15) is 50.6 Å². The first-order valence-corrected chi connectivity index (χ1v) is 6.92. The van der Waals surface area contributed by atoms with Crippen molar-refractivity contribution in [3.8, 4) is 5.75 Å². The molecule has 100 valence electrons. The highest BCUT2D eigenvalue weighted by atomic mass is 16.3. The monoisotopic (exact) mass is 249 g/mol. The van der Waals surface area contributed by atoms with Crippen LogP contribution in [0.4, 0.5) is 0 Å². The molecule has 18 heavy (non-hydrogen) atoms. The minimum atomic E-state index is -0.100. The molecule has 1 fully saturated rings. The minimum Gasteiger partial charge on any atom is -0.508 e. The third-order valence-corrected chi connectivity index (χ3v) is 3.84. The van der Waals surface area contributed by atoms with Gasteiger partial charge >= 0.3 is 0 Å². The van der Waals surface area contributed by atoms with Crippen LogP contribution < -0.4 is 5.32 Å². The Hall–Kier alpha value is -1.06. The Bertz CT molecular complexity index is 355. The molecular weight excluding hydrogens is 226 g/mol. The van der Waals surface area contributed by atoms with Crippen LogP contribution in [-0.2, 0) is 0 Å². The normalized spacial score (nSPS) is 25.9. The summed E-state index contributed by atoms with van der Waals surface area (Å²) in [5.74, 6) is 0.314. The van der Waals surface area contributed by atoms with Crippen molar-refractivity contribution in [2.24, 2.45) is 0 Å². The number of rotatable bonds is 4. The van der Waals surface area contributed by atoms with Crippen molar-refractivity contribution in [2.75, 3.05) is 0 Å². The summed E-state index contributed by atoms with van der Waals surface area (Å²) in [6.45, 7) is 2.17. The van der Waals surface area contributed by atoms with Crippen LogP contribution in [0.2, 0.25) is 0 Å². The standard InChI is InChI=1S/C15H23NO2/c1-2-15(11-3-7-13(17)8-4-11)16-12-5-9-14(18)10-6-12/h3-4,7-8,12,14-18H,2,5-6,9-10H2,1H3. The van der Waals surface area contributed by atoms with E-state index in [4.69, 9.17) is 0 Å². The van der Waals surface area contributed by atoms with E-state index >= 15 is 0 Å². The van der Waals surface area contributed by atoms with Gasteiger partial charge in [0, 0.05) is 12.1 Å². The molecule has 1 aromatic carbocycles. The fourth-order valence-corrected chi connectivity index (χ4v) is 2.68. The molecule has 0 amide bonds. The van der Waals surface area contributed by atoms with Crippen molar-refractivity contribution in [2.45, 2.75) is 57.2 Å². The molecule has 0 radical (unpaired) electrons. The summed E-state index contributed by atoms with van der Waals surface area (Å²) in [5.41, 5.74) is 1.22. The van der Waals surface area contributed by atoms with Crippen LogP contribution in [0.25, 0.3) is 0 Å². The molecule has 3 heteroatoms. The number of nitrogens with one attached hydrogen (secondary N) is 1. The molecule has 0 aliphatic heterocycles. The van der Waals surface area contributed by atoms with Crippen molar-refractivity contribution in [3.05, 3.63) is 29.8 Å². The third-order valence-electron chi connectivity index (χ3n) is 3.84. The fourth-order valence-electron chi connectivity index (χ4n) is 2.68. The van der Waals surface area contributed by atoms with Gasteiger partial charge in [-0.15, -0.1) is 0 Å². The highest BCUT2D eigenvalue weighted by Crippen LogP contribution is 2.24. The number of aliphatic hydroxyl groups is 1. The summed E-state index contributed by atoms with van der Waals surface area (Å²) in [6.07, 6.45) is 4.85. The summed E-state index contributed by atoms with van der Waals surface area (Å²) in [7, 11) is 0. The second-order valence-electron chi connectivity index (χ2n) is 5.22. The summed E-state index contributed by atoms with van der Waals surface area (Å²) >= 11 is 0. The summed E-state index contributed by atoms with van der Waals surface area (Å²) in [4.78, 5) is 0. The Kier molecular flexibility index (Phi) is 4.61. The predicted octanol–water partition coefficient (Wildman–Crippen LogP) is 2.74. The highest BCUT2D eigenvalue weighted by Gasteiger charge is 2.21. The van der Waals surface area contributed by atoms with E-state index in [0.29, 0.717) is 17.8 Å². The number of aliphatic hydroxyl groups excluding tert-OH is 1. The van der Waals surface area contributed by atoms with Crippen LogP contribution in [-0.4, -0.2) is 22.4 Å². The molecule has 1 atom stereocenters. The number of benzene rings is 1. The van der Waals surface area contributed by atoms with Crippen molar-refractivity contribution in [3.63, 3.8) is 0 Å². The van der Waals surface area contributed by atoms with Crippen LogP contribution in [0.3, 0.4) is 0 Å². The maximum atomic E-state index is 9.51. The number of aromatic hydroxyl groups is 1. The molecule has 0 bridgehead atoms. The summed E-state index contributed by atoms with van der Waals surface area (Å²) in [5, 5.41) is 22.5. The molecule has 0 heterocycles. The molecule has 0 spiro atoms. The second kappa shape index (κ2) is 6.21. The lowest BCUT2D eigenvalue weighted by molar-refractivity contribution is 0.114. The van der Waals surface area contributed by atoms with E-state index in [0.717, 1.165) is 32.1 Å². The van der Waals surface area contributed by atoms with Crippen molar-refractivity contribution >= 4 is 0 Å². The van der Waals surface area contributed by atoms with Crippen LogP contribution in [0.15, 0.2) is 24.3 Å². The number of hydrogen-bond acceptors (Lipinski definition) is 3. The van der Waals surface area contributed by atoms with Crippen molar-refractivity contribution in [1.82, 2.24) is 5.32 Å². The lowest BCUT2D eigenvalue weighted by Crippen LogP contribution is -2.36.